The molecule has 0 aromatic carbocycles. The van der Waals surface area contributed by atoms with E-state index in [1.165, 1.54) is 0 Å². The van der Waals surface area contributed by atoms with E-state index in [2.05, 4.69) is 134 Å². The van der Waals surface area contributed by atoms with Crippen molar-refractivity contribution in [1.29, 1.82) is 0 Å². The van der Waals surface area contributed by atoms with Crippen LogP contribution in [-0.2, 0) is 10.8 Å². The summed E-state index contributed by atoms with van der Waals surface area (Å²) in [5, 5.41) is 0.000000000000000888. The third-order valence-electron chi connectivity index (χ3n) is 0. The first kappa shape index (κ1) is 32.0. The van der Waals surface area contributed by atoms with Crippen LogP contribution in [0.2, 0.25) is 0 Å². The van der Waals surface area contributed by atoms with Crippen LogP contribution in [-0.4, -0.2) is 20.4 Å². The first-order valence-corrected chi connectivity index (χ1v) is 14.2. The molecule has 8 nitrogen and oxygen atoms in total. The Morgan fingerprint density at radius 1 is 0.526 bits per heavy atom. The van der Waals surface area contributed by atoms with Gasteiger partial charge in [-0.3, -0.25) is 0 Å². The molecule has 16 N–H and O–H groups in total. The van der Waals surface area contributed by atoms with Crippen molar-refractivity contribution < 1.29 is 10.8 Å². The zero-order valence-corrected chi connectivity index (χ0v) is 18.5. The molecule has 0 unspecified atom stereocenters. The van der Waals surface area contributed by atoms with Crippen LogP contribution in [0.15, 0.2) is 0 Å². The molecule has 15 heteroatoms. The quantitative estimate of drug-likeness (QED) is 0.0848. The molecular weight excluding hydrogens is 649 g/mol. The Kier molecular flexibility index (Phi) is 52.8. The van der Waals surface area contributed by atoms with E-state index >= 15 is 0 Å². The Labute approximate surface area is 162 Å². The summed E-state index contributed by atoms with van der Waals surface area (Å²) in [4.78, 5) is 0. The molecule has 19 heavy (non-hydrogen) atoms. The summed E-state index contributed by atoms with van der Waals surface area (Å²) in [7, 11) is 0.890. The van der Waals surface area contributed by atoms with Crippen molar-refractivity contribution in [3.05, 3.63) is 0 Å². The van der Waals surface area contributed by atoms with Gasteiger partial charge in [0.25, 0.3) is 0 Å². The fourth-order valence-corrected chi connectivity index (χ4v) is 0. The summed E-state index contributed by atoms with van der Waals surface area (Å²) in [6.45, 7) is 0. The van der Waals surface area contributed by atoms with Gasteiger partial charge >= 0.3 is 49.8 Å². The molecule has 0 aromatic rings. The van der Waals surface area contributed by atoms with E-state index in [1.54, 1.807) is 0 Å². The molecule has 0 atom stereocenters. The molecule has 0 fully saturated rings. The van der Waals surface area contributed by atoms with Gasteiger partial charge in [-0.15, -0.1) is 0 Å². The summed E-state index contributed by atoms with van der Waals surface area (Å²) in [6.07, 6.45) is 0. The number of hydrogen-bond acceptors (Lipinski definition) is 4. The molecule has 0 aliphatic heterocycles. The molecule has 0 saturated heterocycles. The van der Waals surface area contributed by atoms with Crippen molar-refractivity contribution in [3.8, 4) is 0 Å². The molecule has 0 amide bonds. The summed E-state index contributed by atoms with van der Waals surface area (Å²) < 4.78 is 0. The first-order valence-electron chi connectivity index (χ1n) is 3.36. The van der Waals surface area contributed by atoms with Gasteiger partial charge in [-0.1, -0.05) is 0 Å². The zero-order valence-electron chi connectivity index (χ0n) is 9.32. The van der Waals surface area contributed by atoms with Gasteiger partial charge in [0.05, 0.1) is 0 Å². The number of halogens is 2. The van der Waals surface area contributed by atoms with E-state index in [4.69, 9.17) is 0 Å². The number of nitrogens with two attached hydrogens (primary N) is 8. The van der Waals surface area contributed by atoms with Crippen molar-refractivity contribution >= 4 is 108 Å². The second-order valence-electron chi connectivity index (χ2n) is 1.65. The summed E-state index contributed by atoms with van der Waals surface area (Å²) in [6, 6.07) is 0. The molecule has 0 aliphatic rings. The fourth-order valence-electron chi connectivity index (χ4n) is 0. The van der Waals surface area contributed by atoms with Gasteiger partial charge in [0.1, 0.15) is 0 Å². The molecule has 0 rings (SSSR count). The van der Waals surface area contributed by atoms with E-state index in [-0.39, 0.29) is 20.4 Å². The normalized spacial score (nSPS) is 6.21. The number of thiocarbonyl (C=S) groups is 4. The van der Waals surface area contributed by atoms with Gasteiger partial charge in [-0.2, -0.15) is 0 Å². The Morgan fingerprint density at radius 2 is 0.526 bits per heavy atom. The van der Waals surface area contributed by atoms with Crippen molar-refractivity contribution in [3.63, 3.8) is 0 Å². The molecule has 0 aliphatic carbocycles. The predicted molar refractivity (Wildman–Crippen MR) is 112 cm³/mol. The maximum atomic E-state index is 4.62. The zero-order chi connectivity index (χ0) is 17.0. The fraction of sp³-hybridized carbons (Fsp3) is 0. The van der Waals surface area contributed by atoms with Gasteiger partial charge in [-0.25, -0.2) is 0 Å². The van der Waals surface area contributed by atoms with Gasteiger partial charge in [-0.05, 0) is 48.9 Å². The minimum atomic E-state index is 0.000000000000000222. The van der Waals surface area contributed by atoms with Crippen LogP contribution >= 0.6 is 87.9 Å². The molecular formula is C4H16I2N8PdS4. The van der Waals surface area contributed by atoms with Crippen molar-refractivity contribution in [2.75, 3.05) is 0 Å². The second-order valence-corrected chi connectivity index (χ2v) is 15.5. The van der Waals surface area contributed by atoms with Gasteiger partial charge in [0, 0.05) is 0 Å². The van der Waals surface area contributed by atoms with Crippen LogP contribution in [0.3, 0.4) is 0 Å². The Balaban J connectivity index is -0.0000000432. The monoisotopic (exact) mass is 664 g/mol. The summed E-state index contributed by atoms with van der Waals surface area (Å²) in [5.74, 6) is 0. The Bertz CT molecular complexity index is 191. The van der Waals surface area contributed by atoms with Gasteiger partial charge in [0.15, 0.2) is 20.4 Å². The molecule has 0 aromatic heterocycles. The summed E-state index contributed by atoms with van der Waals surface area (Å²) in [5.41, 5.74) is 37.0. The first-order chi connectivity index (χ1) is 8.34. The van der Waals surface area contributed by atoms with E-state index < -0.39 is 0 Å². The second kappa shape index (κ2) is 31.3. The molecule has 0 radical (unpaired) electrons. The van der Waals surface area contributed by atoms with Crippen LogP contribution in [0.1, 0.15) is 0 Å². The van der Waals surface area contributed by atoms with Crippen LogP contribution in [0, 0.1) is 0 Å². The van der Waals surface area contributed by atoms with E-state index in [0.717, 1.165) is 10.8 Å². The standard InChI is InChI=1S/4CH4N2S.2HI.Pd/c4*2-1(3)4;;;/h4*(H4,2,3,4);2*1H;/q;;;;;;+2/p-2. The topological polar surface area (TPSA) is 208 Å². The maximum absolute atomic E-state index is 4.62. The number of hydrogen-bond donors (Lipinski definition) is 8. The molecule has 0 spiro atoms. The molecule has 0 saturated carbocycles. The Hall–Kier alpha value is 0.882. The third-order valence-corrected chi connectivity index (χ3v) is 0. The van der Waals surface area contributed by atoms with Crippen LogP contribution < -0.4 is 45.9 Å². The van der Waals surface area contributed by atoms with Crippen LogP contribution in [0.5, 0.6) is 0 Å². The van der Waals surface area contributed by atoms with Gasteiger partial charge in [0.2, 0.25) is 0 Å². The van der Waals surface area contributed by atoms with E-state index in [9.17, 15) is 0 Å². The molecule has 0 bridgehead atoms. The van der Waals surface area contributed by atoms with E-state index in [1.807, 2.05) is 0 Å². The molecule has 120 valence electrons. The van der Waals surface area contributed by atoms with Crippen molar-refractivity contribution in [2.24, 2.45) is 45.9 Å². The van der Waals surface area contributed by atoms with E-state index in [0.29, 0.717) is 0 Å². The average Bonchev–Trinajstić information content (AvgIpc) is 1.97. The minimum absolute atomic E-state index is 0.000000000000000222. The van der Waals surface area contributed by atoms with Crippen LogP contribution in [0.25, 0.3) is 0 Å². The Morgan fingerprint density at radius 3 is 0.526 bits per heavy atom. The predicted octanol–water partition coefficient (Wildman–Crippen LogP) is -1.48. The van der Waals surface area contributed by atoms with Crippen LogP contribution in [0.4, 0.5) is 0 Å². The third kappa shape index (κ3) is 6910. The molecule has 0 heterocycles. The van der Waals surface area contributed by atoms with Crippen molar-refractivity contribution in [2.45, 2.75) is 0 Å². The number of rotatable bonds is 0. The average molecular weight is 665 g/mol. The van der Waals surface area contributed by atoms with Gasteiger partial charge < -0.3 is 45.9 Å². The van der Waals surface area contributed by atoms with Crippen molar-refractivity contribution in [1.82, 2.24) is 0 Å². The summed E-state index contributed by atoms with van der Waals surface area (Å²) >= 11 is 21.0. The SMILES string of the molecule is NC(N)=S.NC(N)=S.NC(N)=S.NC(N)=S.[I][Pd][I].